The normalized spacial score (nSPS) is 22.1. The van der Waals surface area contributed by atoms with Crippen molar-refractivity contribution >= 4 is 17.3 Å². The van der Waals surface area contributed by atoms with Gasteiger partial charge in [-0.2, -0.15) is 0 Å². The molecule has 1 N–H and O–H groups in total. The van der Waals surface area contributed by atoms with Crippen molar-refractivity contribution in [1.29, 1.82) is 0 Å². The number of hydrogen-bond acceptors (Lipinski definition) is 4. The number of dihydropyridines is 1. The molecule has 3 aliphatic rings. The largest absolute Gasteiger partial charge is 0.497 e. The van der Waals surface area contributed by atoms with Crippen LogP contribution in [0.2, 0.25) is 0 Å². The first-order valence-electron chi connectivity index (χ1n) is 9.95. The van der Waals surface area contributed by atoms with Crippen LogP contribution in [0.4, 0.5) is 0 Å². The molecule has 2 aromatic carbocycles. The number of benzene rings is 2. The molecule has 4 heteroatoms. The maximum absolute atomic E-state index is 13.4. The highest BCUT2D eigenvalue weighted by Gasteiger charge is 2.46. The Balaban J connectivity index is 1.73. The van der Waals surface area contributed by atoms with Crippen LogP contribution in [-0.4, -0.2) is 18.7 Å². The molecule has 0 radical (unpaired) electrons. The molecule has 2 aromatic rings. The van der Waals surface area contributed by atoms with Gasteiger partial charge in [-0.25, -0.2) is 0 Å². The van der Waals surface area contributed by atoms with Gasteiger partial charge in [-0.05, 0) is 29.5 Å². The highest BCUT2D eigenvalue weighted by Crippen LogP contribution is 2.51. The Morgan fingerprint density at radius 2 is 1.62 bits per heavy atom. The second-order valence-electron chi connectivity index (χ2n) is 8.83. The van der Waals surface area contributed by atoms with Crippen LogP contribution in [0.3, 0.4) is 0 Å². The minimum atomic E-state index is -0.351. The van der Waals surface area contributed by atoms with E-state index in [9.17, 15) is 9.59 Å². The van der Waals surface area contributed by atoms with Gasteiger partial charge in [0.05, 0.1) is 12.8 Å². The molecule has 0 spiro atoms. The average Bonchev–Trinajstić information content (AvgIpc) is 2.98. The van der Waals surface area contributed by atoms with Crippen LogP contribution in [0.15, 0.2) is 65.4 Å². The molecular formula is C25H23NO3. The summed E-state index contributed by atoms with van der Waals surface area (Å²) in [6.45, 7) is 4.24. The molecule has 0 bridgehead atoms. The third kappa shape index (κ3) is 2.66. The third-order valence-corrected chi connectivity index (χ3v) is 6.18. The number of hydrogen-bond donors (Lipinski definition) is 1. The van der Waals surface area contributed by atoms with Gasteiger partial charge >= 0.3 is 0 Å². The van der Waals surface area contributed by atoms with Crippen LogP contribution >= 0.6 is 0 Å². The van der Waals surface area contributed by atoms with Crippen molar-refractivity contribution in [2.75, 3.05) is 7.11 Å². The van der Waals surface area contributed by atoms with Crippen LogP contribution in [0, 0.1) is 5.41 Å². The first-order valence-corrected chi connectivity index (χ1v) is 9.95. The fraction of sp³-hybridized carbons (Fsp3) is 0.280. The number of nitrogens with one attached hydrogen (secondary N) is 1. The lowest BCUT2D eigenvalue weighted by atomic mass is 9.68. The molecule has 2 aliphatic carbocycles. The predicted octanol–water partition coefficient (Wildman–Crippen LogP) is 4.63. The van der Waals surface area contributed by atoms with Crippen molar-refractivity contribution in [3.05, 3.63) is 82.1 Å². The molecule has 29 heavy (non-hydrogen) atoms. The number of Topliss-reactive ketones (excluding diaryl/α,β-unsaturated/α-hetero) is 2. The molecule has 0 aromatic heterocycles. The quantitative estimate of drug-likeness (QED) is 0.819. The Morgan fingerprint density at radius 1 is 0.931 bits per heavy atom. The van der Waals surface area contributed by atoms with Crippen LogP contribution in [-0.2, 0) is 4.79 Å². The lowest BCUT2D eigenvalue weighted by Crippen LogP contribution is -2.37. The van der Waals surface area contributed by atoms with Crippen molar-refractivity contribution in [1.82, 2.24) is 5.32 Å². The number of ketones is 2. The Kier molecular flexibility index (Phi) is 3.82. The minimum absolute atomic E-state index is 0.00750. The number of methoxy groups -OCH3 is 1. The van der Waals surface area contributed by atoms with Crippen molar-refractivity contribution < 1.29 is 14.3 Å². The highest BCUT2D eigenvalue weighted by molar-refractivity contribution is 6.23. The van der Waals surface area contributed by atoms with E-state index in [2.05, 4.69) is 19.2 Å². The van der Waals surface area contributed by atoms with E-state index in [0.717, 1.165) is 40.3 Å². The summed E-state index contributed by atoms with van der Waals surface area (Å²) in [7, 11) is 1.63. The molecule has 1 heterocycles. The number of ether oxygens (including phenoxy) is 1. The summed E-state index contributed by atoms with van der Waals surface area (Å²) in [6, 6.07) is 15.4. The molecule has 0 saturated heterocycles. The van der Waals surface area contributed by atoms with Crippen molar-refractivity contribution in [2.45, 2.75) is 32.6 Å². The first-order chi connectivity index (χ1) is 13.9. The van der Waals surface area contributed by atoms with E-state index in [4.69, 9.17) is 4.74 Å². The minimum Gasteiger partial charge on any atom is -0.497 e. The SMILES string of the molecule is COc1ccc(C2C3=C(CC(C)(C)CC3=O)NC3=C2C(=O)c2ccccc23)cc1. The van der Waals surface area contributed by atoms with Gasteiger partial charge in [0, 0.05) is 40.3 Å². The predicted molar refractivity (Wildman–Crippen MR) is 112 cm³/mol. The number of allylic oxidation sites excluding steroid dienone is 3. The number of carbonyl (C=O) groups excluding carboxylic acids is 2. The Morgan fingerprint density at radius 3 is 2.31 bits per heavy atom. The topological polar surface area (TPSA) is 55.4 Å². The first kappa shape index (κ1) is 17.9. The van der Waals surface area contributed by atoms with Gasteiger partial charge in [0.25, 0.3) is 0 Å². The molecule has 5 rings (SSSR count). The molecule has 1 atom stereocenters. The van der Waals surface area contributed by atoms with Gasteiger partial charge in [0.15, 0.2) is 11.6 Å². The zero-order valence-electron chi connectivity index (χ0n) is 16.8. The Hall–Kier alpha value is -3.14. The molecule has 0 amide bonds. The lowest BCUT2D eigenvalue weighted by molar-refractivity contribution is -0.118. The third-order valence-electron chi connectivity index (χ3n) is 6.18. The standard InChI is InChI=1S/C25H23NO3/c1-25(2)12-18-21(19(27)13-25)20(14-8-10-15(29-3)11-9-14)22-23(26-18)16-6-4-5-7-17(16)24(22)28/h4-11,20,26H,12-13H2,1-3H3. The molecule has 1 unspecified atom stereocenters. The van der Waals surface area contributed by atoms with E-state index < -0.39 is 0 Å². The molecule has 0 saturated carbocycles. The van der Waals surface area contributed by atoms with Gasteiger partial charge in [0.1, 0.15) is 5.75 Å². The van der Waals surface area contributed by atoms with Crippen molar-refractivity contribution in [2.24, 2.45) is 5.41 Å². The van der Waals surface area contributed by atoms with Gasteiger partial charge < -0.3 is 10.1 Å². The number of fused-ring (bicyclic) bond motifs is 2. The summed E-state index contributed by atoms with van der Waals surface area (Å²) in [5, 5.41) is 3.51. The zero-order valence-corrected chi connectivity index (χ0v) is 16.8. The van der Waals surface area contributed by atoms with E-state index >= 15 is 0 Å². The summed E-state index contributed by atoms with van der Waals surface area (Å²) >= 11 is 0. The summed E-state index contributed by atoms with van der Waals surface area (Å²) < 4.78 is 5.30. The maximum atomic E-state index is 13.4. The van der Waals surface area contributed by atoms with Crippen LogP contribution in [0.5, 0.6) is 5.75 Å². The fourth-order valence-corrected chi connectivity index (χ4v) is 4.92. The van der Waals surface area contributed by atoms with E-state index in [1.54, 1.807) is 7.11 Å². The van der Waals surface area contributed by atoms with Gasteiger partial charge in [-0.3, -0.25) is 9.59 Å². The van der Waals surface area contributed by atoms with Crippen molar-refractivity contribution in [3.63, 3.8) is 0 Å². The number of carbonyl (C=O) groups is 2. The Labute approximate surface area is 170 Å². The van der Waals surface area contributed by atoms with Gasteiger partial charge in [0.2, 0.25) is 0 Å². The molecular weight excluding hydrogens is 362 g/mol. The zero-order chi connectivity index (χ0) is 20.3. The monoisotopic (exact) mass is 385 g/mol. The summed E-state index contributed by atoms with van der Waals surface area (Å²) in [5.74, 6) is 0.534. The van der Waals surface area contributed by atoms with Crippen LogP contribution in [0.25, 0.3) is 5.70 Å². The van der Waals surface area contributed by atoms with E-state index in [-0.39, 0.29) is 22.9 Å². The summed E-state index contributed by atoms with van der Waals surface area (Å²) in [4.78, 5) is 26.7. The van der Waals surface area contributed by atoms with Gasteiger partial charge in [-0.1, -0.05) is 50.2 Å². The van der Waals surface area contributed by atoms with Crippen LogP contribution < -0.4 is 10.1 Å². The van der Waals surface area contributed by atoms with E-state index in [1.165, 1.54) is 0 Å². The summed E-state index contributed by atoms with van der Waals surface area (Å²) in [5.41, 5.74) is 5.71. The van der Waals surface area contributed by atoms with E-state index in [0.29, 0.717) is 17.6 Å². The molecule has 146 valence electrons. The fourth-order valence-electron chi connectivity index (χ4n) is 4.92. The smallest absolute Gasteiger partial charge is 0.192 e. The average molecular weight is 385 g/mol. The highest BCUT2D eigenvalue weighted by atomic mass is 16.5. The molecule has 1 aliphatic heterocycles. The van der Waals surface area contributed by atoms with Gasteiger partial charge in [-0.15, -0.1) is 0 Å². The number of rotatable bonds is 2. The molecule has 4 nitrogen and oxygen atoms in total. The van der Waals surface area contributed by atoms with Crippen LogP contribution in [0.1, 0.15) is 54.1 Å². The van der Waals surface area contributed by atoms with Crippen molar-refractivity contribution in [3.8, 4) is 5.75 Å². The second kappa shape index (κ2) is 6.18. The lowest BCUT2D eigenvalue weighted by Gasteiger charge is -2.39. The Bertz CT molecular complexity index is 1120. The van der Waals surface area contributed by atoms with E-state index in [1.807, 2.05) is 48.5 Å². The maximum Gasteiger partial charge on any atom is 0.192 e. The molecule has 0 fully saturated rings. The second-order valence-corrected chi connectivity index (χ2v) is 8.83. The summed E-state index contributed by atoms with van der Waals surface area (Å²) in [6.07, 6.45) is 1.28.